The number of rotatable bonds is 2. The highest BCUT2D eigenvalue weighted by Gasteiger charge is 2.24. The molecular weight excluding hydrogens is 226 g/mol. The number of amides is 1. The van der Waals surface area contributed by atoms with Gasteiger partial charge in [0.2, 0.25) is 5.91 Å². The third-order valence-corrected chi connectivity index (χ3v) is 3.83. The molecule has 4 nitrogen and oxygen atoms in total. The molecule has 0 aliphatic carbocycles. The van der Waals surface area contributed by atoms with Gasteiger partial charge in [-0.15, -0.1) is 0 Å². The Morgan fingerprint density at radius 2 is 1.39 bits per heavy atom. The van der Waals surface area contributed by atoms with Gasteiger partial charge in [0.05, 0.1) is 0 Å². The van der Waals surface area contributed by atoms with Crippen LogP contribution in [0.2, 0.25) is 0 Å². The van der Waals surface area contributed by atoms with Crippen LogP contribution >= 0.6 is 0 Å². The van der Waals surface area contributed by atoms with E-state index in [4.69, 9.17) is 0 Å². The van der Waals surface area contributed by atoms with Crippen molar-refractivity contribution in [3.8, 4) is 0 Å². The molecule has 0 radical (unpaired) electrons. The fourth-order valence-electron chi connectivity index (χ4n) is 2.34. The van der Waals surface area contributed by atoms with Crippen molar-refractivity contribution in [1.82, 2.24) is 15.5 Å². The van der Waals surface area contributed by atoms with Gasteiger partial charge < -0.3 is 15.5 Å². The number of nitrogens with zero attached hydrogens (tertiary/aromatic N) is 1. The molecular formula is C14H29N3O. The molecule has 0 aromatic carbocycles. The van der Waals surface area contributed by atoms with Gasteiger partial charge in [0.25, 0.3) is 0 Å². The molecule has 1 fully saturated rings. The van der Waals surface area contributed by atoms with Crippen molar-refractivity contribution in [1.29, 1.82) is 0 Å². The summed E-state index contributed by atoms with van der Waals surface area (Å²) in [6.07, 6.45) is 0. The topological polar surface area (TPSA) is 44.4 Å². The lowest BCUT2D eigenvalue weighted by molar-refractivity contribution is -0.129. The van der Waals surface area contributed by atoms with Crippen molar-refractivity contribution in [2.45, 2.75) is 46.7 Å². The Hall–Kier alpha value is -0.610. The number of carbonyl (C=O) groups excluding carboxylic acids is 1. The van der Waals surface area contributed by atoms with E-state index in [9.17, 15) is 4.79 Å². The van der Waals surface area contributed by atoms with Gasteiger partial charge in [0.15, 0.2) is 0 Å². The standard InChI is InChI=1S/C14H29N3O/c1-10(2)13-8-17(12(5)18)9-14(11(3)4)16-7-6-15-13/h10-11,13-16H,6-9H2,1-5H3/t13-,14-/m1/s1. The summed E-state index contributed by atoms with van der Waals surface area (Å²) in [4.78, 5) is 13.8. The quantitative estimate of drug-likeness (QED) is 0.776. The molecule has 4 heteroatoms. The van der Waals surface area contributed by atoms with Crippen molar-refractivity contribution >= 4 is 5.91 Å². The Balaban J connectivity index is 2.76. The average Bonchev–Trinajstić information content (AvgIpc) is 2.37. The molecule has 0 bridgehead atoms. The molecule has 1 aliphatic rings. The maximum absolute atomic E-state index is 11.8. The van der Waals surface area contributed by atoms with E-state index in [-0.39, 0.29) is 5.91 Å². The zero-order valence-electron chi connectivity index (χ0n) is 12.5. The van der Waals surface area contributed by atoms with Crippen LogP contribution in [0.4, 0.5) is 0 Å². The van der Waals surface area contributed by atoms with Gasteiger partial charge in [-0.1, -0.05) is 27.7 Å². The zero-order valence-corrected chi connectivity index (χ0v) is 12.5. The van der Waals surface area contributed by atoms with Crippen LogP contribution in [-0.2, 0) is 4.79 Å². The summed E-state index contributed by atoms with van der Waals surface area (Å²) >= 11 is 0. The van der Waals surface area contributed by atoms with Crippen LogP contribution in [0.3, 0.4) is 0 Å². The molecule has 1 heterocycles. The largest absolute Gasteiger partial charge is 0.340 e. The van der Waals surface area contributed by atoms with Gasteiger partial charge in [-0.2, -0.15) is 0 Å². The first-order valence-electron chi connectivity index (χ1n) is 7.14. The van der Waals surface area contributed by atoms with Crippen LogP contribution in [0.5, 0.6) is 0 Å². The molecule has 0 unspecified atom stereocenters. The molecule has 106 valence electrons. The molecule has 2 N–H and O–H groups in total. The number of nitrogens with one attached hydrogen (secondary N) is 2. The average molecular weight is 255 g/mol. The molecule has 2 atom stereocenters. The van der Waals surface area contributed by atoms with Gasteiger partial charge in [-0.25, -0.2) is 0 Å². The fourth-order valence-corrected chi connectivity index (χ4v) is 2.34. The van der Waals surface area contributed by atoms with Crippen LogP contribution < -0.4 is 10.6 Å². The second-order valence-corrected chi connectivity index (χ2v) is 6.03. The van der Waals surface area contributed by atoms with Gasteiger partial charge >= 0.3 is 0 Å². The summed E-state index contributed by atoms with van der Waals surface area (Å²) in [5.74, 6) is 1.27. The first-order valence-corrected chi connectivity index (χ1v) is 7.14. The minimum Gasteiger partial charge on any atom is -0.340 e. The van der Waals surface area contributed by atoms with E-state index in [0.29, 0.717) is 23.9 Å². The van der Waals surface area contributed by atoms with E-state index in [1.807, 2.05) is 4.90 Å². The van der Waals surface area contributed by atoms with Crippen LogP contribution in [-0.4, -0.2) is 49.1 Å². The Kier molecular flexibility index (Phi) is 6.09. The molecule has 1 aliphatic heterocycles. The molecule has 1 saturated heterocycles. The smallest absolute Gasteiger partial charge is 0.219 e. The third-order valence-electron chi connectivity index (χ3n) is 3.83. The predicted octanol–water partition coefficient (Wildman–Crippen LogP) is 1.08. The summed E-state index contributed by atoms with van der Waals surface area (Å²) in [6, 6.07) is 0.781. The zero-order chi connectivity index (χ0) is 13.7. The lowest BCUT2D eigenvalue weighted by Crippen LogP contribution is -2.48. The minimum atomic E-state index is 0.178. The lowest BCUT2D eigenvalue weighted by Gasteiger charge is -2.31. The van der Waals surface area contributed by atoms with E-state index in [0.717, 1.165) is 26.2 Å². The van der Waals surface area contributed by atoms with Crippen molar-refractivity contribution in [2.75, 3.05) is 26.2 Å². The summed E-state index contributed by atoms with van der Waals surface area (Å²) in [6.45, 7) is 14.1. The Morgan fingerprint density at radius 3 is 1.67 bits per heavy atom. The number of hydrogen-bond donors (Lipinski definition) is 2. The maximum atomic E-state index is 11.8. The highest BCUT2D eigenvalue weighted by molar-refractivity contribution is 5.73. The van der Waals surface area contributed by atoms with Crippen LogP contribution in [0.25, 0.3) is 0 Å². The maximum Gasteiger partial charge on any atom is 0.219 e. The van der Waals surface area contributed by atoms with Gasteiger partial charge in [0.1, 0.15) is 0 Å². The minimum absolute atomic E-state index is 0.178. The van der Waals surface area contributed by atoms with Gasteiger partial charge in [0, 0.05) is 45.2 Å². The molecule has 0 spiro atoms. The molecule has 1 amide bonds. The van der Waals surface area contributed by atoms with Crippen LogP contribution in [0.1, 0.15) is 34.6 Å². The highest BCUT2D eigenvalue weighted by atomic mass is 16.2. The summed E-state index contributed by atoms with van der Waals surface area (Å²) in [7, 11) is 0. The Labute approximate surface area is 111 Å². The summed E-state index contributed by atoms with van der Waals surface area (Å²) < 4.78 is 0. The van der Waals surface area contributed by atoms with Gasteiger partial charge in [-0.05, 0) is 11.8 Å². The van der Waals surface area contributed by atoms with Crippen LogP contribution in [0.15, 0.2) is 0 Å². The normalized spacial score (nSPS) is 26.9. The molecule has 18 heavy (non-hydrogen) atoms. The second kappa shape index (κ2) is 7.10. The summed E-state index contributed by atoms with van der Waals surface area (Å²) in [5, 5.41) is 7.10. The molecule has 0 aromatic rings. The predicted molar refractivity (Wildman–Crippen MR) is 75.5 cm³/mol. The Bertz CT molecular complexity index is 246. The first-order chi connectivity index (χ1) is 8.41. The van der Waals surface area contributed by atoms with Crippen molar-refractivity contribution < 1.29 is 4.79 Å². The summed E-state index contributed by atoms with van der Waals surface area (Å²) in [5.41, 5.74) is 0. The SMILES string of the molecule is CC(=O)N1C[C@H](C(C)C)NCCN[C@@H](C(C)C)C1. The molecule has 0 aromatic heterocycles. The van der Waals surface area contributed by atoms with E-state index in [1.165, 1.54) is 0 Å². The Morgan fingerprint density at radius 1 is 1.00 bits per heavy atom. The van der Waals surface area contributed by atoms with E-state index >= 15 is 0 Å². The van der Waals surface area contributed by atoms with Gasteiger partial charge in [-0.3, -0.25) is 4.79 Å². The van der Waals surface area contributed by atoms with E-state index in [2.05, 4.69) is 38.3 Å². The van der Waals surface area contributed by atoms with E-state index < -0.39 is 0 Å². The van der Waals surface area contributed by atoms with E-state index in [1.54, 1.807) is 6.92 Å². The van der Waals surface area contributed by atoms with Crippen LogP contribution in [0, 0.1) is 11.8 Å². The van der Waals surface area contributed by atoms with Crippen molar-refractivity contribution in [2.24, 2.45) is 11.8 Å². The molecule has 0 saturated carbocycles. The van der Waals surface area contributed by atoms with Crippen molar-refractivity contribution in [3.63, 3.8) is 0 Å². The fraction of sp³-hybridized carbons (Fsp3) is 0.929. The number of hydrogen-bond acceptors (Lipinski definition) is 3. The number of carbonyl (C=O) groups is 1. The monoisotopic (exact) mass is 255 g/mol. The second-order valence-electron chi connectivity index (χ2n) is 6.03. The third kappa shape index (κ3) is 4.58. The van der Waals surface area contributed by atoms with Crippen molar-refractivity contribution in [3.05, 3.63) is 0 Å². The first kappa shape index (κ1) is 15.4. The highest BCUT2D eigenvalue weighted by Crippen LogP contribution is 2.10. The lowest BCUT2D eigenvalue weighted by atomic mass is 10.0. The molecule has 1 rings (SSSR count).